The molecule has 21 heavy (non-hydrogen) atoms. The first-order valence-corrected chi connectivity index (χ1v) is 7.62. The van der Waals surface area contributed by atoms with E-state index in [4.69, 9.17) is 5.73 Å². The van der Waals surface area contributed by atoms with E-state index >= 15 is 0 Å². The molecule has 0 bridgehead atoms. The van der Waals surface area contributed by atoms with Gasteiger partial charge in [0.15, 0.2) is 0 Å². The van der Waals surface area contributed by atoms with Crippen molar-refractivity contribution in [3.8, 4) is 0 Å². The zero-order chi connectivity index (χ0) is 15.8. The van der Waals surface area contributed by atoms with Crippen LogP contribution in [0.25, 0.3) is 0 Å². The van der Waals surface area contributed by atoms with Crippen molar-refractivity contribution in [2.75, 3.05) is 12.3 Å². The molecule has 2 rings (SSSR count). The van der Waals surface area contributed by atoms with Crippen LogP contribution >= 0.6 is 0 Å². The van der Waals surface area contributed by atoms with Crippen molar-refractivity contribution in [1.82, 2.24) is 9.62 Å². The third kappa shape index (κ3) is 2.74. The monoisotopic (exact) mass is 315 g/mol. The van der Waals surface area contributed by atoms with Crippen molar-refractivity contribution >= 4 is 27.5 Å². The summed E-state index contributed by atoms with van der Waals surface area (Å²) in [6.07, 6.45) is 0.203. The summed E-state index contributed by atoms with van der Waals surface area (Å²) in [7, 11) is -4.12. The summed E-state index contributed by atoms with van der Waals surface area (Å²) in [6, 6.07) is 1.95. The molecule has 1 saturated heterocycles. The van der Waals surface area contributed by atoms with Gasteiger partial charge >= 0.3 is 0 Å². The Morgan fingerprint density at radius 1 is 1.43 bits per heavy atom. The standard InChI is InChI=1S/C12H14FN3O4S/c1-2-10-12(18)15-11(17)6-16(10)21(19,20)7-3-4-8(13)9(14)5-7/h3-5,10H,2,6,14H2,1H3,(H,15,17,18). The van der Waals surface area contributed by atoms with E-state index in [2.05, 4.69) is 5.32 Å². The molecule has 1 fully saturated rings. The maximum atomic E-state index is 13.1. The smallest absolute Gasteiger partial charge is 0.245 e. The van der Waals surface area contributed by atoms with Crippen molar-refractivity contribution in [3.05, 3.63) is 24.0 Å². The van der Waals surface area contributed by atoms with Gasteiger partial charge < -0.3 is 5.73 Å². The Hall–Kier alpha value is -2.00. The average molecular weight is 315 g/mol. The molecule has 1 heterocycles. The lowest BCUT2D eigenvalue weighted by molar-refractivity contribution is -0.137. The van der Waals surface area contributed by atoms with E-state index < -0.39 is 40.2 Å². The molecule has 0 aliphatic carbocycles. The normalized spacial score (nSPS) is 20.4. The van der Waals surface area contributed by atoms with Gasteiger partial charge in [0.2, 0.25) is 21.8 Å². The Morgan fingerprint density at radius 3 is 2.67 bits per heavy atom. The molecule has 0 aromatic heterocycles. The summed E-state index contributed by atoms with van der Waals surface area (Å²) >= 11 is 0. The highest BCUT2D eigenvalue weighted by Crippen LogP contribution is 2.24. The molecule has 1 atom stereocenters. The van der Waals surface area contributed by atoms with Gasteiger partial charge in [0, 0.05) is 0 Å². The van der Waals surface area contributed by atoms with Crippen LogP contribution in [-0.2, 0) is 19.6 Å². The highest BCUT2D eigenvalue weighted by Gasteiger charge is 2.40. The van der Waals surface area contributed by atoms with Crippen molar-refractivity contribution in [1.29, 1.82) is 0 Å². The number of imide groups is 1. The molecule has 1 aliphatic heterocycles. The van der Waals surface area contributed by atoms with Crippen LogP contribution in [0.3, 0.4) is 0 Å². The largest absolute Gasteiger partial charge is 0.396 e. The molecule has 0 spiro atoms. The number of hydrogen-bond acceptors (Lipinski definition) is 5. The van der Waals surface area contributed by atoms with Gasteiger partial charge in [0.05, 0.1) is 17.1 Å². The number of hydrogen-bond donors (Lipinski definition) is 2. The summed E-state index contributed by atoms with van der Waals surface area (Å²) < 4.78 is 39.0. The Labute approximate surface area is 121 Å². The number of amides is 2. The first kappa shape index (κ1) is 15.4. The number of carbonyl (C=O) groups is 2. The van der Waals surface area contributed by atoms with Gasteiger partial charge in [-0.25, -0.2) is 12.8 Å². The van der Waals surface area contributed by atoms with Crippen LogP contribution in [-0.4, -0.2) is 37.1 Å². The van der Waals surface area contributed by atoms with Gasteiger partial charge in [0.25, 0.3) is 0 Å². The van der Waals surface area contributed by atoms with Crippen molar-refractivity contribution in [3.63, 3.8) is 0 Å². The molecule has 7 nitrogen and oxygen atoms in total. The molecule has 3 N–H and O–H groups in total. The van der Waals surface area contributed by atoms with E-state index in [9.17, 15) is 22.4 Å². The number of rotatable bonds is 3. The van der Waals surface area contributed by atoms with E-state index in [1.54, 1.807) is 6.92 Å². The average Bonchev–Trinajstić information content (AvgIpc) is 2.41. The summed E-state index contributed by atoms with van der Waals surface area (Å²) in [5, 5.41) is 2.09. The Balaban J connectivity index is 2.47. The number of halogens is 1. The molecule has 1 aliphatic rings. The predicted octanol–water partition coefficient (Wildman–Crippen LogP) is -0.166. The Bertz CT molecular complexity index is 704. The van der Waals surface area contributed by atoms with E-state index in [1.165, 1.54) is 0 Å². The Kier molecular flexibility index (Phi) is 3.97. The Morgan fingerprint density at radius 2 is 2.10 bits per heavy atom. The molecule has 1 aromatic carbocycles. The number of nitrogens with one attached hydrogen (secondary N) is 1. The van der Waals surface area contributed by atoms with Crippen LogP contribution in [0.2, 0.25) is 0 Å². The van der Waals surface area contributed by atoms with E-state index in [1.807, 2.05) is 0 Å². The van der Waals surface area contributed by atoms with Crippen LogP contribution in [0.15, 0.2) is 23.1 Å². The topological polar surface area (TPSA) is 110 Å². The van der Waals surface area contributed by atoms with E-state index in [0.29, 0.717) is 0 Å². The molecule has 1 unspecified atom stereocenters. The number of carbonyl (C=O) groups excluding carboxylic acids is 2. The molecule has 2 amide bonds. The fourth-order valence-electron chi connectivity index (χ4n) is 2.10. The second-order valence-corrected chi connectivity index (χ2v) is 6.46. The van der Waals surface area contributed by atoms with Gasteiger partial charge in [-0.15, -0.1) is 0 Å². The van der Waals surface area contributed by atoms with Crippen LogP contribution in [0.5, 0.6) is 0 Å². The van der Waals surface area contributed by atoms with Crippen molar-refractivity contribution < 1.29 is 22.4 Å². The van der Waals surface area contributed by atoms with Crippen molar-refractivity contribution in [2.24, 2.45) is 0 Å². The quantitative estimate of drug-likeness (QED) is 0.594. The third-order valence-corrected chi connectivity index (χ3v) is 5.02. The van der Waals surface area contributed by atoms with Crippen LogP contribution in [0, 0.1) is 5.82 Å². The molecule has 114 valence electrons. The molecular formula is C12H14FN3O4S. The lowest BCUT2D eigenvalue weighted by Crippen LogP contribution is -2.59. The fraction of sp³-hybridized carbons (Fsp3) is 0.333. The van der Waals surface area contributed by atoms with Crippen LogP contribution in [0.1, 0.15) is 13.3 Å². The number of nitrogens with two attached hydrogens (primary N) is 1. The predicted molar refractivity (Wildman–Crippen MR) is 71.9 cm³/mol. The van der Waals surface area contributed by atoms with Gasteiger partial charge in [-0.05, 0) is 24.6 Å². The SMILES string of the molecule is CCC1C(=O)NC(=O)CN1S(=O)(=O)c1ccc(F)c(N)c1. The highest BCUT2D eigenvalue weighted by molar-refractivity contribution is 7.89. The molecular weight excluding hydrogens is 301 g/mol. The van der Waals surface area contributed by atoms with Crippen LogP contribution in [0.4, 0.5) is 10.1 Å². The zero-order valence-electron chi connectivity index (χ0n) is 11.2. The number of piperazine rings is 1. The third-order valence-electron chi connectivity index (χ3n) is 3.17. The maximum Gasteiger partial charge on any atom is 0.245 e. The summed E-state index contributed by atoms with van der Waals surface area (Å²) in [6.45, 7) is 1.16. The maximum absolute atomic E-state index is 13.1. The fourth-order valence-corrected chi connectivity index (χ4v) is 3.76. The number of sulfonamides is 1. The summed E-state index contributed by atoms with van der Waals surface area (Å²) in [4.78, 5) is 22.9. The second-order valence-electron chi connectivity index (χ2n) is 4.57. The second kappa shape index (κ2) is 5.41. The first-order chi connectivity index (χ1) is 9.77. The zero-order valence-corrected chi connectivity index (χ0v) is 12.0. The van der Waals surface area contributed by atoms with Crippen LogP contribution < -0.4 is 11.1 Å². The number of anilines is 1. The lowest BCUT2D eigenvalue weighted by atomic mass is 10.2. The number of nitrogens with zero attached hydrogens (tertiary/aromatic N) is 1. The van der Waals surface area contributed by atoms with Gasteiger partial charge in [-0.1, -0.05) is 6.92 Å². The van der Waals surface area contributed by atoms with Gasteiger partial charge in [0.1, 0.15) is 11.9 Å². The number of nitrogen functional groups attached to an aromatic ring is 1. The lowest BCUT2D eigenvalue weighted by Gasteiger charge is -2.32. The molecule has 9 heteroatoms. The molecule has 0 saturated carbocycles. The summed E-state index contributed by atoms with van der Waals surface area (Å²) in [5.74, 6) is -2.12. The number of benzene rings is 1. The highest BCUT2D eigenvalue weighted by atomic mass is 32.2. The van der Waals surface area contributed by atoms with E-state index in [-0.39, 0.29) is 17.0 Å². The van der Waals surface area contributed by atoms with Crippen molar-refractivity contribution in [2.45, 2.75) is 24.3 Å². The minimum absolute atomic E-state index is 0.203. The van der Waals surface area contributed by atoms with Gasteiger partial charge in [-0.2, -0.15) is 4.31 Å². The molecule has 0 radical (unpaired) electrons. The molecule has 1 aromatic rings. The minimum Gasteiger partial charge on any atom is -0.396 e. The minimum atomic E-state index is -4.12. The van der Waals surface area contributed by atoms with E-state index in [0.717, 1.165) is 22.5 Å². The van der Waals surface area contributed by atoms with Gasteiger partial charge in [-0.3, -0.25) is 14.9 Å². The first-order valence-electron chi connectivity index (χ1n) is 6.18. The summed E-state index contributed by atoms with van der Waals surface area (Å²) in [5.41, 5.74) is 5.04.